The van der Waals surface area contributed by atoms with Gasteiger partial charge in [0, 0.05) is 31.3 Å². The lowest BCUT2D eigenvalue weighted by Gasteiger charge is -2.25. The van der Waals surface area contributed by atoms with Crippen LogP contribution in [0.2, 0.25) is 0 Å². The molecule has 0 radical (unpaired) electrons. The fourth-order valence-electron chi connectivity index (χ4n) is 4.09. The Balaban J connectivity index is 1.83. The Bertz CT molecular complexity index is 1230. The van der Waals surface area contributed by atoms with Crippen LogP contribution < -0.4 is 10.2 Å². The van der Waals surface area contributed by atoms with Crippen molar-refractivity contribution in [3.63, 3.8) is 0 Å². The Morgan fingerprint density at radius 1 is 1.11 bits per heavy atom. The first-order valence-electron chi connectivity index (χ1n) is 12.3. The minimum atomic E-state index is -1.06. The predicted molar refractivity (Wildman–Crippen MR) is 139 cm³/mol. The number of carbonyl (C=O) groups is 2. The molecule has 2 N–H and O–H groups in total. The third-order valence-corrected chi connectivity index (χ3v) is 6.35. The summed E-state index contributed by atoms with van der Waals surface area (Å²) in [5, 5.41) is 15.4. The van der Waals surface area contributed by atoms with Gasteiger partial charge in [-0.2, -0.15) is 4.98 Å². The van der Waals surface area contributed by atoms with Crippen LogP contribution in [-0.2, 0) is 28.9 Å². The lowest BCUT2D eigenvalue weighted by molar-refractivity contribution is -0.137. The SMILES string of the molecule is CCc1cc(-c2nc(-c3cc(C)c(CCC(=O)NCC(=O)O)c(CC)c3)no2)cnc1N(C)C(C)C. The average Bonchev–Trinajstić information content (AvgIpc) is 3.35. The highest BCUT2D eigenvalue weighted by atomic mass is 16.5. The number of nitrogens with one attached hydrogen (secondary N) is 1. The molecule has 0 bridgehead atoms. The molecule has 3 aromatic rings. The van der Waals surface area contributed by atoms with Gasteiger partial charge < -0.3 is 19.8 Å². The van der Waals surface area contributed by atoms with Gasteiger partial charge in [0.2, 0.25) is 11.7 Å². The molecular formula is C27H35N5O4. The van der Waals surface area contributed by atoms with Crippen molar-refractivity contribution in [1.29, 1.82) is 0 Å². The van der Waals surface area contributed by atoms with E-state index in [2.05, 4.69) is 59.1 Å². The summed E-state index contributed by atoms with van der Waals surface area (Å²) in [5.41, 5.74) is 5.94. The van der Waals surface area contributed by atoms with Crippen molar-refractivity contribution in [3.8, 4) is 22.8 Å². The molecule has 1 aromatic carbocycles. The number of carboxylic acid groups (broad SMARTS) is 1. The molecule has 2 heterocycles. The molecule has 192 valence electrons. The van der Waals surface area contributed by atoms with Crippen molar-refractivity contribution in [2.24, 2.45) is 0 Å². The van der Waals surface area contributed by atoms with E-state index in [1.165, 1.54) is 0 Å². The molecule has 0 spiro atoms. The lowest BCUT2D eigenvalue weighted by atomic mass is 9.93. The zero-order valence-electron chi connectivity index (χ0n) is 21.9. The van der Waals surface area contributed by atoms with E-state index in [9.17, 15) is 9.59 Å². The zero-order valence-corrected chi connectivity index (χ0v) is 21.9. The molecule has 0 atom stereocenters. The Morgan fingerprint density at radius 2 is 1.81 bits per heavy atom. The maximum atomic E-state index is 12.0. The second-order valence-electron chi connectivity index (χ2n) is 9.14. The van der Waals surface area contributed by atoms with Crippen LogP contribution in [0.1, 0.15) is 56.4 Å². The number of hydrogen-bond donors (Lipinski definition) is 2. The van der Waals surface area contributed by atoms with Crippen molar-refractivity contribution >= 4 is 17.7 Å². The van der Waals surface area contributed by atoms with Gasteiger partial charge in [0.1, 0.15) is 12.4 Å². The fraction of sp³-hybridized carbons (Fsp3) is 0.444. The molecule has 1 amide bonds. The number of aromatic nitrogens is 3. The Hall–Kier alpha value is -3.75. The number of nitrogens with zero attached hydrogens (tertiary/aromatic N) is 4. The molecule has 2 aromatic heterocycles. The van der Waals surface area contributed by atoms with E-state index in [0.717, 1.165) is 52.0 Å². The maximum absolute atomic E-state index is 12.0. The summed E-state index contributed by atoms with van der Waals surface area (Å²) >= 11 is 0. The summed E-state index contributed by atoms with van der Waals surface area (Å²) in [7, 11) is 2.04. The molecule has 0 fully saturated rings. The molecule has 0 saturated heterocycles. The molecule has 0 aliphatic heterocycles. The number of benzene rings is 1. The maximum Gasteiger partial charge on any atom is 0.322 e. The van der Waals surface area contributed by atoms with Crippen LogP contribution in [0.25, 0.3) is 22.8 Å². The molecule has 36 heavy (non-hydrogen) atoms. The number of carbonyl (C=O) groups excluding carboxylic acids is 1. The quantitative estimate of drug-likeness (QED) is 0.407. The molecule has 9 heteroatoms. The average molecular weight is 494 g/mol. The van der Waals surface area contributed by atoms with Gasteiger partial charge in [-0.05, 0) is 80.5 Å². The minimum absolute atomic E-state index is 0.224. The molecule has 0 aliphatic rings. The van der Waals surface area contributed by atoms with E-state index < -0.39 is 5.97 Å². The van der Waals surface area contributed by atoms with E-state index in [-0.39, 0.29) is 18.9 Å². The van der Waals surface area contributed by atoms with Gasteiger partial charge in [-0.15, -0.1) is 0 Å². The van der Waals surface area contributed by atoms with Crippen molar-refractivity contribution in [2.75, 3.05) is 18.5 Å². The Kier molecular flexibility index (Phi) is 8.79. The highest BCUT2D eigenvalue weighted by molar-refractivity contribution is 5.81. The van der Waals surface area contributed by atoms with Gasteiger partial charge in [0.25, 0.3) is 5.89 Å². The molecule has 9 nitrogen and oxygen atoms in total. The van der Waals surface area contributed by atoms with Crippen LogP contribution in [0, 0.1) is 6.92 Å². The Morgan fingerprint density at radius 3 is 2.44 bits per heavy atom. The van der Waals surface area contributed by atoms with Crippen molar-refractivity contribution in [3.05, 3.63) is 46.6 Å². The highest BCUT2D eigenvalue weighted by Gasteiger charge is 2.18. The summed E-state index contributed by atoms with van der Waals surface area (Å²) < 4.78 is 5.61. The molecular weight excluding hydrogens is 458 g/mol. The smallest absolute Gasteiger partial charge is 0.322 e. The fourth-order valence-corrected chi connectivity index (χ4v) is 4.09. The van der Waals surface area contributed by atoms with Gasteiger partial charge in [-0.1, -0.05) is 19.0 Å². The van der Waals surface area contributed by atoms with Crippen LogP contribution in [0.3, 0.4) is 0 Å². The predicted octanol–water partition coefficient (Wildman–Crippen LogP) is 4.21. The third-order valence-electron chi connectivity index (χ3n) is 6.35. The number of anilines is 1. The molecule has 0 unspecified atom stereocenters. The normalized spacial score (nSPS) is 11.1. The second-order valence-corrected chi connectivity index (χ2v) is 9.14. The van der Waals surface area contributed by atoms with Gasteiger partial charge in [-0.25, -0.2) is 4.98 Å². The van der Waals surface area contributed by atoms with Crippen LogP contribution in [-0.4, -0.2) is 51.7 Å². The highest BCUT2D eigenvalue weighted by Crippen LogP contribution is 2.29. The molecule has 0 aliphatic carbocycles. The van der Waals surface area contributed by atoms with Crippen LogP contribution in [0.15, 0.2) is 28.9 Å². The topological polar surface area (TPSA) is 121 Å². The number of carboxylic acids is 1. The molecule has 3 rings (SSSR count). The van der Waals surface area contributed by atoms with E-state index in [4.69, 9.17) is 9.63 Å². The monoisotopic (exact) mass is 493 g/mol. The Labute approximate surface area is 211 Å². The first-order valence-corrected chi connectivity index (χ1v) is 12.3. The summed E-state index contributed by atoms with van der Waals surface area (Å²) in [6.45, 7) is 10.0. The number of amides is 1. The van der Waals surface area contributed by atoms with Crippen LogP contribution in [0.5, 0.6) is 0 Å². The van der Waals surface area contributed by atoms with Crippen molar-refractivity contribution in [1.82, 2.24) is 20.4 Å². The molecule has 0 saturated carbocycles. The van der Waals surface area contributed by atoms with Gasteiger partial charge in [0.15, 0.2) is 0 Å². The number of aliphatic carboxylic acids is 1. The van der Waals surface area contributed by atoms with E-state index in [1.807, 2.05) is 26.1 Å². The van der Waals surface area contributed by atoms with E-state index in [1.54, 1.807) is 6.20 Å². The van der Waals surface area contributed by atoms with Crippen LogP contribution >= 0.6 is 0 Å². The van der Waals surface area contributed by atoms with Gasteiger partial charge in [-0.3, -0.25) is 9.59 Å². The van der Waals surface area contributed by atoms with Gasteiger partial charge >= 0.3 is 5.97 Å². The van der Waals surface area contributed by atoms with Gasteiger partial charge in [0.05, 0.1) is 5.56 Å². The van der Waals surface area contributed by atoms with Crippen molar-refractivity contribution in [2.45, 2.75) is 66.3 Å². The van der Waals surface area contributed by atoms with E-state index in [0.29, 0.717) is 24.2 Å². The summed E-state index contributed by atoms with van der Waals surface area (Å²) in [4.78, 5) is 34.1. The number of aryl methyl sites for hydroxylation is 3. The van der Waals surface area contributed by atoms with Crippen LogP contribution in [0.4, 0.5) is 5.82 Å². The minimum Gasteiger partial charge on any atom is -0.480 e. The third kappa shape index (κ3) is 6.27. The first kappa shape index (κ1) is 26.8. The number of pyridine rings is 1. The van der Waals surface area contributed by atoms with E-state index >= 15 is 0 Å². The number of hydrogen-bond acceptors (Lipinski definition) is 7. The number of rotatable bonds is 11. The summed E-state index contributed by atoms with van der Waals surface area (Å²) in [6.07, 6.45) is 4.14. The lowest BCUT2D eigenvalue weighted by Crippen LogP contribution is -2.29. The second kappa shape index (κ2) is 11.8. The zero-order chi connectivity index (χ0) is 26.4. The summed E-state index contributed by atoms with van der Waals surface area (Å²) in [5.74, 6) is 0.525. The first-order chi connectivity index (χ1) is 17.1. The van der Waals surface area contributed by atoms with Crippen molar-refractivity contribution < 1.29 is 19.2 Å². The summed E-state index contributed by atoms with van der Waals surface area (Å²) in [6, 6.07) is 6.42. The standard InChI is InChI=1S/C27H35N5O4/c1-7-18-12-20(11-17(5)22(18)9-10-23(33)28-15-24(34)35)25-30-27(36-31-25)21-13-19(8-2)26(29-14-21)32(6)16(3)4/h11-14,16H,7-10,15H2,1-6H3,(H,28,33)(H,34,35). The largest absolute Gasteiger partial charge is 0.480 e.